The first kappa shape index (κ1) is 16.8. The molecular weight excluding hydrogens is 344 g/mol. The van der Waals surface area contributed by atoms with Crippen molar-refractivity contribution in [3.8, 4) is 0 Å². The van der Waals surface area contributed by atoms with Crippen molar-refractivity contribution in [2.75, 3.05) is 5.32 Å². The predicted molar refractivity (Wildman–Crippen MR) is 98.9 cm³/mol. The molecule has 1 aromatic carbocycles. The maximum atomic E-state index is 12.6. The second-order valence-electron chi connectivity index (χ2n) is 6.37. The molecule has 1 aliphatic rings. The van der Waals surface area contributed by atoms with Gasteiger partial charge in [0.2, 0.25) is 5.95 Å². The normalized spacial score (nSPS) is 15.9. The van der Waals surface area contributed by atoms with Gasteiger partial charge in [0.1, 0.15) is 5.56 Å². The number of benzene rings is 1. The molecule has 134 valence electrons. The van der Waals surface area contributed by atoms with Crippen molar-refractivity contribution in [1.29, 1.82) is 0 Å². The van der Waals surface area contributed by atoms with E-state index in [0.29, 0.717) is 24.1 Å². The smallest absolute Gasteiger partial charge is 0.263 e. The van der Waals surface area contributed by atoms with E-state index >= 15 is 0 Å². The fraction of sp³-hybridized carbons (Fsp3) is 0.150. The van der Waals surface area contributed by atoms with Crippen LogP contribution < -0.4 is 10.9 Å². The number of carbonyl (C=O) groups is 2. The van der Waals surface area contributed by atoms with Gasteiger partial charge in [0.25, 0.3) is 11.5 Å². The number of hydrogen-bond donors (Lipinski definition) is 2. The Labute approximate surface area is 154 Å². The average Bonchev–Trinajstić information content (AvgIpc) is 2.68. The number of rotatable bonds is 3. The van der Waals surface area contributed by atoms with Gasteiger partial charge in [-0.1, -0.05) is 30.3 Å². The highest BCUT2D eigenvalue weighted by Gasteiger charge is 2.28. The zero-order valence-electron chi connectivity index (χ0n) is 14.3. The summed E-state index contributed by atoms with van der Waals surface area (Å²) in [6.07, 6.45) is 3.84. The highest BCUT2D eigenvalue weighted by atomic mass is 16.2. The number of anilines is 1. The van der Waals surface area contributed by atoms with Gasteiger partial charge < -0.3 is 4.98 Å². The number of nitrogens with zero attached hydrogens (tertiary/aromatic N) is 2. The third kappa shape index (κ3) is 3.39. The van der Waals surface area contributed by atoms with E-state index < -0.39 is 11.5 Å². The Morgan fingerprint density at radius 2 is 1.78 bits per heavy atom. The summed E-state index contributed by atoms with van der Waals surface area (Å²) in [5, 5.41) is 2.46. The number of nitrogens with one attached hydrogen (secondary N) is 2. The lowest BCUT2D eigenvalue weighted by Gasteiger charge is -2.24. The topological polar surface area (TPSA) is 105 Å². The van der Waals surface area contributed by atoms with Crippen LogP contribution in [0.2, 0.25) is 0 Å². The Morgan fingerprint density at radius 3 is 2.52 bits per heavy atom. The number of amides is 1. The van der Waals surface area contributed by atoms with E-state index in [1.165, 1.54) is 18.5 Å². The van der Waals surface area contributed by atoms with Crippen LogP contribution in [0.5, 0.6) is 0 Å². The van der Waals surface area contributed by atoms with Crippen molar-refractivity contribution in [1.82, 2.24) is 15.0 Å². The van der Waals surface area contributed by atoms with Gasteiger partial charge in [-0.3, -0.25) is 19.7 Å². The monoisotopic (exact) mass is 360 g/mol. The molecule has 1 amide bonds. The summed E-state index contributed by atoms with van der Waals surface area (Å²) in [4.78, 5) is 47.9. The number of aromatic nitrogens is 3. The molecule has 0 bridgehead atoms. The third-order valence-corrected chi connectivity index (χ3v) is 4.61. The summed E-state index contributed by atoms with van der Waals surface area (Å²) >= 11 is 0. The largest absolute Gasteiger partial charge is 0.325 e. The van der Waals surface area contributed by atoms with E-state index in [1.807, 2.05) is 30.3 Å². The van der Waals surface area contributed by atoms with Crippen molar-refractivity contribution in [2.45, 2.75) is 18.8 Å². The van der Waals surface area contributed by atoms with Crippen LogP contribution in [0.25, 0.3) is 0 Å². The minimum atomic E-state index is -0.650. The lowest BCUT2D eigenvalue weighted by atomic mass is 9.81. The quantitative estimate of drug-likeness (QED) is 0.746. The molecule has 0 aliphatic heterocycles. The molecule has 0 saturated carbocycles. The molecule has 3 aromatic rings. The van der Waals surface area contributed by atoms with Crippen molar-refractivity contribution in [3.05, 3.63) is 87.6 Å². The van der Waals surface area contributed by atoms with Gasteiger partial charge >= 0.3 is 0 Å². The molecular formula is C20H16N4O3. The van der Waals surface area contributed by atoms with Gasteiger partial charge in [-0.2, -0.15) is 0 Å². The lowest BCUT2D eigenvalue weighted by molar-refractivity contribution is 0.0963. The highest BCUT2D eigenvalue weighted by Crippen LogP contribution is 2.31. The molecule has 1 atom stereocenters. The molecule has 1 aliphatic carbocycles. The van der Waals surface area contributed by atoms with Crippen LogP contribution >= 0.6 is 0 Å². The van der Waals surface area contributed by atoms with Crippen molar-refractivity contribution in [3.63, 3.8) is 0 Å². The minimum Gasteiger partial charge on any atom is -0.325 e. The number of carbonyl (C=O) groups excluding carboxylic acids is 2. The SMILES string of the molecule is O=C1CC(c2ccccc2)Cc2[nH]c(=O)c(C(=O)Nc3ncccn3)cc21. The second kappa shape index (κ2) is 6.95. The molecule has 2 N–H and O–H groups in total. The number of H-pyrrole nitrogens is 1. The third-order valence-electron chi connectivity index (χ3n) is 4.61. The zero-order chi connectivity index (χ0) is 18.8. The van der Waals surface area contributed by atoms with Crippen molar-refractivity contribution in [2.24, 2.45) is 0 Å². The molecule has 0 fully saturated rings. The summed E-state index contributed by atoms with van der Waals surface area (Å²) in [5.41, 5.74) is 1.34. The van der Waals surface area contributed by atoms with E-state index in [4.69, 9.17) is 0 Å². The molecule has 1 unspecified atom stereocenters. The fourth-order valence-electron chi connectivity index (χ4n) is 3.29. The van der Waals surface area contributed by atoms with E-state index in [2.05, 4.69) is 20.3 Å². The number of fused-ring (bicyclic) bond motifs is 1. The molecule has 4 rings (SSSR count). The molecule has 0 radical (unpaired) electrons. The number of pyridine rings is 1. The standard InChI is InChI=1S/C20H16N4O3/c25-17-10-13(12-5-2-1-3-6-12)9-16-14(17)11-15(18(26)23-16)19(27)24-20-21-7-4-8-22-20/h1-8,11,13H,9-10H2,(H,23,26)(H,21,22,24,27). The van der Waals surface area contributed by atoms with Crippen LogP contribution in [0.4, 0.5) is 5.95 Å². The van der Waals surface area contributed by atoms with Gasteiger partial charge in [-0.15, -0.1) is 0 Å². The Bertz CT molecular complexity index is 1060. The second-order valence-corrected chi connectivity index (χ2v) is 6.37. The minimum absolute atomic E-state index is 0.0132. The number of hydrogen-bond acceptors (Lipinski definition) is 5. The molecule has 27 heavy (non-hydrogen) atoms. The van der Waals surface area contributed by atoms with Crippen LogP contribution in [0, 0.1) is 0 Å². The molecule has 7 nitrogen and oxygen atoms in total. The molecule has 2 aromatic heterocycles. The van der Waals surface area contributed by atoms with Crippen LogP contribution in [-0.4, -0.2) is 26.6 Å². The van der Waals surface area contributed by atoms with E-state index in [9.17, 15) is 14.4 Å². The average molecular weight is 360 g/mol. The zero-order valence-corrected chi connectivity index (χ0v) is 14.3. The van der Waals surface area contributed by atoms with Crippen molar-refractivity contribution < 1.29 is 9.59 Å². The Kier molecular flexibility index (Phi) is 4.33. The van der Waals surface area contributed by atoms with E-state index in [1.54, 1.807) is 6.07 Å². The van der Waals surface area contributed by atoms with E-state index in [-0.39, 0.29) is 23.2 Å². The van der Waals surface area contributed by atoms with Crippen LogP contribution in [0.3, 0.4) is 0 Å². The molecule has 0 spiro atoms. The summed E-state index contributed by atoms with van der Waals surface area (Å²) in [6.45, 7) is 0. The maximum Gasteiger partial charge on any atom is 0.263 e. The van der Waals surface area contributed by atoms with Gasteiger partial charge in [0.15, 0.2) is 5.78 Å². The first-order chi connectivity index (χ1) is 13.1. The molecule has 0 saturated heterocycles. The van der Waals surface area contributed by atoms with Crippen LogP contribution in [-0.2, 0) is 6.42 Å². The Balaban J connectivity index is 1.64. The van der Waals surface area contributed by atoms with E-state index in [0.717, 1.165) is 5.56 Å². The number of aromatic amines is 1. The molecule has 2 heterocycles. The maximum absolute atomic E-state index is 12.6. The first-order valence-corrected chi connectivity index (χ1v) is 8.54. The van der Waals surface area contributed by atoms with Crippen molar-refractivity contribution >= 4 is 17.6 Å². The fourth-order valence-corrected chi connectivity index (χ4v) is 3.29. The number of Topliss-reactive ketones (excluding diaryl/α,β-unsaturated/α-hetero) is 1. The van der Waals surface area contributed by atoms with Gasteiger partial charge in [-0.05, 0) is 30.0 Å². The lowest BCUT2D eigenvalue weighted by Crippen LogP contribution is -2.29. The number of ketones is 1. The molecule has 7 heteroatoms. The van der Waals surface area contributed by atoms with Gasteiger partial charge in [0, 0.05) is 30.1 Å². The summed E-state index contributed by atoms with van der Waals surface area (Å²) in [5.74, 6) is -0.635. The Morgan fingerprint density at radius 1 is 1.04 bits per heavy atom. The Hall–Kier alpha value is -3.61. The summed E-state index contributed by atoms with van der Waals surface area (Å²) in [6, 6.07) is 12.7. The van der Waals surface area contributed by atoms with Gasteiger partial charge in [-0.25, -0.2) is 9.97 Å². The summed E-state index contributed by atoms with van der Waals surface area (Å²) < 4.78 is 0. The first-order valence-electron chi connectivity index (χ1n) is 8.54. The predicted octanol–water partition coefficient (Wildman–Crippen LogP) is 2.33. The van der Waals surface area contributed by atoms with Crippen LogP contribution in [0.15, 0.2) is 59.7 Å². The van der Waals surface area contributed by atoms with Gasteiger partial charge in [0.05, 0.1) is 0 Å². The van der Waals surface area contributed by atoms with Crippen LogP contribution in [0.1, 0.15) is 44.3 Å². The highest BCUT2D eigenvalue weighted by molar-refractivity contribution is 6.06. The summed E-state index contributed by atoms with van der Waals surface area (Å²) in [7, 11) is 0.